The van der Waals surface area contributed by atoms with Gasteiger partial charge in [0.05, 0.1) is 13.2 Å². The Morgan fingerprint density at radius 2 is 1.85 bits per heavy atom. The molecule has 2 saturated heterocycles. The van der Waals surface area contributed by atoms with Crippen LogP contribution in [0.3, 0.4) is 0 Å². The van der Waals surface area contributed by atoms with E-state index in [4.69, 9.17) is 15.5 Å². The van der Waals surface area contributed by atoms with Crippen LogP contribution in [0.4, 0.5) is 11.4 Å². The standard InChI is InChI=1S/C26H39N5O2/c1-2-12-28-24-11-8-21(19-23(24)25(27)26(32)31-13-4-3-5-14-31)29-20-6-9-22(10-7-20)30-15-17-33-18-16-30/h6-7,9-10,21,29H,2-5,8,11-19,27H2,1H3/b25-23-,28-24?. The number of carbonyl (C=O) groups excluding carboxylic acids is 1. The van der Waals surface area contributed by atoms with Gasteiger partial charge in [0.25, 0.3) is 5.91 Å². The largest absolute Gasteiger partial charge is 0.394 e. The van der Waals surface area contributed by atoms with Crippen LogP contribution in [0.5, 0.6) is 0 Å². The molecule has 2 aliphatic heterocycles. The van der Waals surface area contributed by atoms with E-state index in [-0.39, 0.29) is 11.9 Å². The molecule has 1 saturated carbocycles. The van der Waals surface area contributed by atoms with Gasteiger partial charge in [-0.3, -0.25) is 9.79 Å². The Hall–Kier alpha value is -2.54. The van der Waals surface area contributed by atoms with E-state index >= 15 is 0 Å². The number of nitrogens with one attached hydrogen (secondary N) is 1. The normalized spacial score (nSPS) is 24.6. The van der Waals surface area contributed by atoms with Crippen LogP contribution in [0.25, 0.3) is 0 Å². The number of hydrogen-bond donors (Lipinski definition) is 2. The third-order valence-electron chi connectivity index (χ3n) is 6.87. The molecule has 0 aromatic heterocycles. The van der Waals surface area contributed by atoms with Gasteiger partial charge in [-0.2, -0.15) is 0 Å². The number of morpholine rings is 1. The second kappa shape index (κ2) is 11.5. The summed E-state index contributed by atoms with van der Waals surface area (Å²) in [7, 11) is 0. The molecule has 3 aliphatic rings. The van der Waals surface area contributed by atoms with Gasteiger partial charge in [0.15, 0.2) is 0 Å². The molecule has 1 aromatic carbocycles. The molecular weight excluding hydrogens is 414 g/mol. The SMILES string of the molecule is CCCN=C1CCC(Nc2ccc(N3CCOCC3)cc2)C/C1=C(/N)C(=O)N1CCCCC1. The van der Waals surface area contributed by atoms with E-state index in [0.717, 1.165) is 101 Å². The fourth-order valence-electron chi connectivity index (χ4n) is 4.96. The summed E-state index contributed by atoms with van der Waals surface area (Å²) in [6.07, 6.45) is 6.90. The Morgan fingerprint density at radius 1 is 1.12 bits per heavy atom. The van der Waals surface area contributed by atoms with E-state index in [2.05, 4.69) is 41.4 Å². The summed E-state index contributed by atoms with van der Waals surface area (Å²) in [6, 6.07) is 8.89. The predicted octanol–water partition coefficient (Wildman–Crippen LogP) is 3.56. The van der Waals surface area contributed by atoms with Crippen molar-refractivity contribution in [1.29, 1.82) is 0 Å². The summed E-state index contributed by atoms with van der Waals surface area (Å²) >= 11 is 0. The van der Waals surface area contributed by atoms with Gasteiger partial charge in [-0.25, -0.2) is 0 Å². The second-order valence-corrected chi connectivity index (χ2v) is 9.30. The number of aliphatic imine (C=N–C) groups is 1. The maximum Gasteiger partial charge on any atom is 0.270 e. The molecule has 180 valence electrons. The lowest BCUT2D eigenvalue weighted by Crippen LogP contribution is -2.40. The number of ether oxygens (including phenoxy) is 1. The lowest BCUT2D eigenvalue weighted by Gasteiger charge is -2.31. The van der Waals surface area contributed by atoms with Crippen molar-refractivity contribution in [2.45, 2.75) is 57.9 Å². The van der Waals surface area contributed by atoms with E-state index in [1.807, 2.05) is 4.90 Å². The molecular formula is C26H39N5O2. The number of anilines is 2. The van der Waals surface area contributed by atoms with Crippen LogP contribution in [-0.4, -0.2) is 68.5 Å². The molecule has 1 aromatic rings. The van der Waals surface area contributed by atoms with Gasteiger partial charge in [-0.15, -0.1) is 0 Å². The molecule has 7 nitrogen and oxygen atoms in total. The number of carbonyl (C=O) groups is 1. The first-order valence-electron chi connectivity index (χ1n) is 12.7. The first-order chi connectivity index (χ1) is 16.2. The van der Waals surface area contributed by atoms with Crippen LogP contribution in [0.2, 0.25) is 0 Å². The van der Waals surface area contributed by atoms with Crippen LogP contribution < -0.4 is 16.0 Å². The van der Waals surface area contributed by atoms with E-state index in [1.165, 1.54) is 12.1 Å². The van der Waals surface area contributed by atoms with Crippen LogP contribution >= 0.6 is 0 Å². The zero-order valence-corrected chi connectivity index (χ0v) is 20.0. The average Bonchev–Trinajstić information content (AvgIpc) is 2.88. The number of amides is 1. The van der Waals surface area contributed by atoms with E-state index in [1.54, 1.807) is 0 Å². The molecule has 1 amide bonds. The minimum atomic E-state index is -0.00980. The molecule has 0 radical (unpaired) electrons. The van der Waals surface area contributed by atoms with Crippen molar-refractivity contribution < 1.29 is 9.53 Å². The number of piperidine rings is 1. The maximum atomic E-state index is 13.1. The van der Waals surface area contributed by atoms with Crippen molar-refractivity contribution in [1.82, 2.24) is 4.90 Å². The van der Waals surface area contributed by atoms with Gasteiger partial charge < -0.3 is 25.6 Å². The van der Waals surface area contributed by atoms with Gasteiger partial charge in [0.2, 0.25) is 0 Å². The third-order valence-corrected chi connectivity index (χ3v) is 6.87. The predicted molar refractivity (Wildman–Crippen MR) is 135 cm³/mol. The number of nitrogens with zero attached hydrogens (tertiary/aromatic N) is 3. The van der Waals surface area contributed by atoms with E-state index in [9.17, 15) is 4.79 Å². The van der Waals surface area contributed by atoms with E-state index in [0.29, 0.717) is 5.70 Å². The highest BCUT2D eigenvalue weighted by atomic mass is 16.5. The Labute approximate surface area is 198 Å². The van der Waals surface area contributed by atoms with Gasteiger partial charge in [-0.05, 0) is 69.2 Å². The summed E-state index contributed by atoms with van der Waals surface area (Å²) < 4.78 is 5.46. The lowest BCUT2D eigenvalue weighted by molar-refractivity contribution is -0.128. The minimum Gasteiger partial charge on any atom is -0.394 e. The first-order valence-corrected chi connectivity index (χ1v) is 12.7. The molecule has 1 aliphatic carbocycles. The minimum absolute atomic E-state index is 0.00980. The highest BCUT2D eigenvalue weighted by molar-refractivity contribution is 6.08. The topological polar surface area (TPSA) is 83.2 Å². The van der Waals surface area contributed by atoms with Gasteiger partial charge in [0.1, 0.15) is 5.70 Å². The summed E-state index contributed by atoms with van der Waals surface area (Å²) in [4.78, 5) is 22.2. The van der Waals surface area contributed by atoms with Crippen molar-refractivity contribution in [2.75, 3.05) is 56.2 Å². The molecule has 1 unspecified atom stereocenters. The van der Waals surface area contributed by atoms with Crippen molar-refractivity contribution in [3.63, 3.8) is 0 Å². The molecule has 2 heterocycles. The molecule has 0 bridgehead atoms. The summed E-state index contributed by atoms with van der Waals surface area (Å²) in [5.41, 5.74) is 11.2. The fraction of sp³-hybridized carbons (Fsp3) is 0.615. The van der Waals surface area contributed by atoms with Crippen LogP contribution in [0.1, 0.15) is 51.9 Å². The van der Waals surface area contributed by atoms with Gasteiger partial charge in [0, 0.05) is 61.4 Å². The average molecular weight is 454 g/mol. The van der Waals surface area contributed by atoms with Crippen molar-refractivity contribution in [3.05, 3.63) is 35.5 Å². The molecule has 7 heteroatoms. The van der Waals surface area contributed by atoms with E-state index < -0.39 is 0 Å². The zero-order valence-electron chi connectivity index (χ0n) is 20.0. The quantitative estimate of drug-likeness (QED) is 0.644. The summed E-state index contributed by atoms with van der Waals surface area (Å²) in [5.74, 6) is -0.00980. The number of nitrogens with two attached hydrogens (primary N) is 1. The maximum absolute atomic E-state index is 13.1. The molecule has 3 N–H and O–H groups in total. The van der Waals surface area contributed by atoms with Crippen molar-refractivity contribution >= 4 is 23.0 Å². The molecule has 1 atom stereocenters. The van der Waals surface area contributed by atoms with Crippen LogP contribution in [0.15, 0.2) is 40.5 Å². The summed E-state index contributed by atoms with van der Waals surface area (Å²) in [6.45, 7) is 7.99. The third kappa shape index (κ3) is 6.08. The molecule has 0 spiro atoms. The molecule has 33 heavy (non-hydrogen) atoms. The Kier molecular flexibility index (Phi) is 8.26. The highest BCUT2D eigenvalue weighted by Crippen LogP contribution is 2.28. The smallest absolute Gasteiger partial charge is 0.270 e. The van der Waals surface area contributed by atoms with Crippen molar-refractivity contribution in [3.8, 4) is 0 Å². The van der Waals surface area contributed by atoms with Crippen molar-refractivity contribution in [2.24, 2.45) is 10.7 Å². The van der Waals surface area contributed by atoms with Crippen LogP contribution in [-0.2, 0) is 9.53 Å². The lowest BCUT2D eigenvalue weighted by atomic mass is 9.86. The number of benzene rings is 1. The zero-order chi connectivity index (χ0) is 23.0. The molecule has 4 rings (SSSR count). The number of likely N-dealkylation sites (tertiary alicyclic amines) is 1. The number of rotatable bonds is 6. The van der Waals surface area contributed by atoms with Gasteiger partial charge >= 0.3 is 0 Å². The Morgan fingerprint density at radius 3 is 2.55 bits per heavy atom. The Bertz CT molecular complexity index is 852. The second-order valence-electron chi connectivity index (χ2n) is 9.30. The first kappa shape index (κ1) is 23.6. The van der Waals surface area contributed by atoms with Crippen LogP contribution in [0, 0.1) is 0 Å². The highest BCUT2D eigenvalue weighted by Gasteiger charge is 2.28. The summed E-state index contributed by atoms with van der Waals surface area (Å²) in [5, 5.41) is 3.68. The monoisotopic (exact) mass is 453 g/mol. The molecule has 3 fully saturated rings. The number of hydrogen-bond acceptors (Lipinski definition) is 6. The Balaban J connectivity index is 1.46. The fourth-order valence-corrected chi connectivity index (χ4v) is 4.96. The van der Waals surface area contributed by atoms with Gasteiger partial charge in [-0.1, -0.05) is 6.92 Å².